The topological polar surface area (TPSA) is 88.9 Å². The lowest BCUT2D eigenvalue weighted by molar-refractivity contribution is -0.113. The van der Waals surface area contributed by atoms with Crippen molar-refractivity contribution in [2.24, 2.45) is 5.92 Å². The van der Waals surface area contributed by atoms with Gasteiger partial charge in [-0.25, -0.2) is 0 Å². The molecule has 1 heterocycles. The van der Waals surface area contributed by atoms with Crippen molar-refractivity contribution < 1.29 is 9.59 Å². The molecule has 2 aromatic carbocycles. The van der Waals surface area contributed by atoms with E-state index in [1.807, 2.05) is 57.4 Å². The molecule has 180 valence electrons. The van der Waals surface area contributed by atoms with E-state index >= 15 is 0 Å². The van der Waals surface area contributed by atoms with Crippen molar-refractivity contribution in [1.29, 1.82) is 0 Å². The molecule has 1 atom stereocenters. The highest BCUT2D eigenvalue weighted by molar-refractivity contribution is 7.99. The average molecular weight is 500 g/mol. The van der Waals surface area contributed by atoms with E-state index in [0.717, 1.165) is 16.8 Å². The second-order valence-corrected chi connectivity index (χ2v) is 9.82. The summed E-state index contributed by atoms with van der Waals surface area (Å²) >= 11 is 7.30. The van der Waals surface area contributed by atoms with Gasteiger partial charge < -0.3 is 15.2 Å². The Labute approximate surface area is 209 Å². The summed E-state index contributed by atoms with van der Waals surface area (Å²) in [6.45, 7) is 10.5. The number of rotatable bonds is 9. The summed E-state index contributed by atoms with van der Waals surface area (Å²) in [5.74, 6) is 0.658. The predicted octanol–water partition coefficient (Wildman–Crippen LogP) is 5.43. The number of nitrogens with one attached hydrogen (secondary N) is 2. The van der Waals surface area contributed by atoms with Crippen LogP contribution < -0.4 is 10.6 Å². The molecule has 3 aromatic rings. The number of halogens is 1. The van der Waals surface area contributed by atoms with Crippen molar-refractivity contribution in [3.8, 4) is 0 Å². The van der Waals surface area contributed by atoms with Gasteiger partial charge in [0.1, 0.15) is 0 Å². The molecule has 3 rings (SSSR count). The highest BCUT2D eigenvalue weighted by atomic mass is 35.5. The molecule has 0 fully saturated rings. The summed E-state index contributed by atoms with van der Waals surface area (Å²) in [5, 5.41) is 16.0. The molecular formula is C25H30ClN5O2S. The first kappa shape index (κ1) is 25.8. The molecule has 0 aliphatic heterocycles. The standard InChI is InChI=1S/C25H30ClN5O2S/c1-6-31-23(22(15(2)3)28-24(33)18-9-7-8-16(4)12-18)29-30-25(31)34-14-21(32)27-20-11-10-19(26)13-17(20)5/h7-13,15,22H,6,14H2,1-5H3,(H,27,32)(H,28,33)/t22-/m0/s1. The van der Waals surface area contributed by atoms with Crippen molar-refractivity contribution in [1.82, 2.24) is 20.1 Å². The van der Waals surface area contributed by atoms with Gasteiger partial charge in [-0.3, -0.25) is 9.59 Å². The van der Waals surface area contributed by atoms with Crippen LogP contribution >= 0.6 is 23.4 Å². The third kappa shape index (κ3) is 6.39. The number of carbonyl (C=O) groups excluding carboxylic acids is 2. The lowest BCUT2D eigenvalue weighted by atomic mass is 10.0. The number of anilines is 1. The fraction of sp³-hybridized carbons (Fsp3) is 0.360. The van der Waals surface area contributed by atoms with Gasteiger partial charge in [0, 0.05) is 22.8 Å². The van der Waals surface area contributed by atoms with Gasteiger partial charge in [0.15, 0.2) is 11.0 Å². The van der Waals surface area contributed by atoms with Crippen LogP contribution in [0.2, 0.25) is 5.02 Å². The van der Waals surface area contributed by atoms with Crippen LogP contribution in [-0.2, 0) is 11.3 Å². The SMILES string of the molecule is CCn1c(SCC(=O)Nc2ccc(Cl)cc2C)nnc1[C@@H](NC(=O)c1cccc(C)c1)C(C)C. The molecule has 1 aromatic heterocycles. The molecule has 0 saturated heterocycles. The first-order chi connectivity index (χ1) is 16.2. The van der Waals surface area contributed by atoms with Gasteiger partial charge in [-0.15, -0.1) is 10.2 Å². The first-order valence-corrected chi connectivity index (χ1v) is 12.5. The summed E-state index contributed by atoms with van der Waals surface area (Å²) < 4.78 is 1.95. The molecule has 0 aliphatic carbocycles. The summed E-state index contributed by atoms with van der Waals surface area (Å²) in [6, 6.07) is 12.5. The lowest BCUT2D eigenvalue weighted by Gasteiger charge is -2.22. The Morgan fingerprint density at radius 2 is 1.88 bits per heavy atom. The minimum absolute atomic E-state index is 0.0947. The summed E-state index contributed by atoms with van der Waals surface area (Å²) in [6.07, 6.45) is 0. The van der Waals surface area contributed by atoms with E-state index in [0.29, 0.717) is 28.1 Å². The Morgan fingerprint density at radius 1 is 1.12 bits per heavy atom. The van der Waals surface area contributed by atoms with Crippen LogP contribution in [0.3, 0.4) is 0 Å². The Bertz CT molecular complexity index is 1180. The number of aromatic nitrogens is 3. The van der Waals surface area contributed by atoms with Crippen LogP contribution in [-0.4, -0.2) is 32.3 Å². The maximum atomic E-state index is 12.9. The Kier molecular flexibility index (Phi) is 8.74. The maximum Gasteiger partial charge on any atom is 0.251 e. The monoisotopic (exact) mass is 499 g/mol. The molecule has 0 spiro atoms. The predicted molar refractivity (Wildman–Crippen MR) is 137 cm³/mol. The van der Waals surface area contributed by atoms with Gasteiger partial charge >= 0.3 is 0 Å². The number of benzene rings is 2. The molecule has 7 nitrogen and oxygen atoms in total. The zero-order valence-corrected chi connectivity index (χ0v) is 21.6. The van der Waals surface area contributed by atoms with E-state index in [1.54, 1.807) is 24.3 Å². The largest absolute Gasteiger partial charge is 0.342 e. The fourth-order valence-electron chi connectivity index (χ4n) is 3.56. The van der Waals surface area contributed by atoms with Crippen molar-refractivity contribution in [2.45, 2.75) is 52.4 Å². The van der Waals surface area contributed by atoms with E-state index < -0.39 is 0 Å². The number of nitrogens with zero attached hydrogens (tertiary/aromatic N) is 3. The zero-order valence-electron chi connectivity index (χ0n) is 20.1. The normalized spacial score (nSPS) is 12.0. The van der Waals surface area contributed by atoms with Gasteiger partial charge in [-0.1, -0.05) is 54.9 Å². The van der Waals surface area contributed by atoms with Gasteiger partial charge in [0.25, 0.3) is 5.91 Å². The van der Waals surface area contributed by atoms with Crippen LogP contribution in [0.25, 0.3) is 0 Å². The molecule has 0 unspecified atom stereocenters. The van der Waals surface area contributed by atoms with E-state index in [4.69, 9.17) is 11.6 Å². The molecule has 0 radical (unpaired) electrons. The molecular weight excluding hydrogens is 470 g/mol. The molecule has 0 saturated carbocycles. The van der Waals surface area contributed by atoms with E-state index in [2.05, 4.69) is 20.8 Å². The average Bonchev–Trinajstić information content (AvgIpc) is 3.20. The molecule has 0 bridgehead atoms. The quantitative estimate of drug-likeness (QED) is 0.383. The van der Waals surface area contributed by atoms with Crippen molar-refractivity contribution >= 4 is 40.9 Å². The van der Waals surface area contributed by atoms with E-state index in [9.17, 15) is 9.59 Å². The van der Waals surface area contributed by atoms with Crippen LogP contribution in [0.5, 0.6) is 0 Å². The molecule has 9 heteroatoms. The first-order valence-electron chi connectivity index (χ1n) is 11.2. The number of aryl methyl sites for hydroxylation is 2. The number of amides is 2. The minimum Gasteiger partial charge on any atom is -0.342 e. The molecule has 2 N–H and O–H groups in total. The van der Waals surface area contributed by atoms with Crippen molar-refractivity contribution in [2.75, 3.05) is 11.1 Å². The minimum atomic E-state index is -0.319. The second kappa shape index (κ2) is 11.5. The van der Waals surface area contributed by atoms with Crippen LogP contribution in [0.1, 0.15) is 54.1 Å². The molecule has 2 amide bonds. The smallest absolute Gasteiger partial charge is 0.251 e. The fourth-order valence-corrected chi connectivity index (χ4v) is 4.59. The Hall–Kier alpha value is -2.84. The second-order valence-electron chi connectivity index (χ2n) is 8.45. The third-order valence-corrected chi connectivity index (χ3v) is 6.57. The number of hydrogen-bond donors (Lipinski definition) is 2. The lowest BCUT2D eigenvalue weighted by Crippen LogP contribution is -2.33. The summed E-state index contributed by atoms with van der Waals surface area (Å²) in [5.41, 5.74) is 3.26. The van der Waals surface area contributed by atoms with Gasteiger partial charge in [0.05, 0.1) is 11.8 Å². The Morgan fingerprint density at radius 3 is 2.53 bits per heavy atom. The van der Waals surface area contributed by atoms with Crippen LogP contribution in [0.4, 0.5) is 5.69 Å². The van der Waals surface area contributed by atoms with Crippen molar-refractivity contribution in [3.05, 3.63) is 70.0 Å². The molecule has 0 aliphatic rings. The molecule has 34 heavy (non-hydrogen) atoms. The van der Waals surface area contributed by atoms with Crippen LogP contribution in [0, 0.1) is 19.8 Å². The Balaban J connectivity index is 1.72. The highest BCUT2D eigenvalue weighted by Crippen LogP contribution is 2.26. The third-order valence-electron chi connectivity index (χ3n) is 5.37. The van der Waals surface area contributed by atoms with Gasteiger partial charge in [-0.2, -0.15) is 0 Å². The van der Waals surface area contributed by atoms with Gasteiger partial charge in [0.2, 0.25) is 5.91 Å². The zero-order chi connectivity index (χ0) is 24.8. The highest BCUT2D eigenvalue weighted by Gasteiger charge is 2.26. The maximum absolute atomic E-state index is 12.9. The van der Waals surface area contributed by atoms with Gasteiger partial charge in [-0.05, 0) is 62.6 Å². The number of hydrogen-bond acceptors (Lipinski definition) is 5. The van der Waals surface area contributed by atoms with Crippen molar-refractivity contribution in [3.63, 3.8) is 0 Å². The number of carbonyl (C=O) groups is 2. The summed E-state index contributed by atoms with van der Waals surface area (Å²) in [7, 11) is 0. The summed E-state index contributed by atoms with van der Waals surface area (Å²) in [4.78, 5) is 25.4. The number of thioether (sulfide) groups is 1. The van der Waals surface area contributed by atoms with E-state index in [-0.39, 0.29) is 29.5 Å². The van der Waals surface area contributed by atoms with Crippen LogP contribution in [0.15, 0.2) is 47.6 Å². The van der Waals surface area contributed by atoms with E-state index in [1.165, 1.54) is 11.8 Å².